The number of benzene rings is 13. The highest BCUT2D eigenvalue weighted by molar-refractivity contribution is 6.24. The van der Waals surface area contributed by atoms with Gasteiger partial charge in [-0.1, -0.05) is 267 Å². The van der Waals surface area contributed by atoms with Crippen LogP contribution in [-0.4, -0.2) is 0 Å². The minimum Gasteiger partial charge on any atom is -0.0622 e. The summed E-state index contributed by atoms with van der Waals surface area (Å²) < 4.78 is 0. The molecule has 1 atom stereocenters. The molecular weight excluding hydrogens is 877 g/mol. The van der Waals surface area contributed by atoms with Crippen LogP contribution < -0.4 is 0 Å². The third-order valence-corrected chi connectivity index (χ3v) is 15.5. The molecule has 0 fully saturated rings. The Bertz CT molecular complexity index is 4110. The quantitative estimate of drug-likeness (QED) is 0.133. The lowest BCUT2D eigenvalue weighted by Crippen LogP contribution is -2.29. The molecule has 73 heavy (non-hydrogen) atoms. The maximum absolute atomic E-state index is 2.54. The van der Waals surface area contributed by atoms with Crippen LogP contribution in [0.4, 0.5) is 0 Å². The van der Waals surface area contributed by atoms with E-state index >= 15 is 0 Å². The van der Waals surface area contributed by atoms with Gasteiger partial charge in [-0.2, -0.15) is 0 Å². The Morgan fingerprint density at radius 2 is 0.562 bits per heavy atom. The highest BCUT2D eigenvalue weighted by atomic mass is 14.5. The zero-order valence-electron chi connectivity index (χ0n) is 40.2. The lowest BCUT2D eigenvalue weighted by molar-refractivity contribution is 0.771. The van der Waals surface area contributed by atoms with Crippen molar-refractivity contribution in [2.45, 2.75) is 5.41 Å². The fourth-order valence-corrected chi connectivity index (χ4v) is 12.4. The van der Waals surface area contributed by atoms with Gasteiger partial charge in [0.15, 0.2) is 0 Å². The van der Waals surface area contributed by atoms with Gasteiger partial charge >= 0.3 is 0 Å². The van der Waals surface area contributed by atoms with Gasteiger partial charge in [0.05, 0.1) is 5.41 Å². The second-order valence-electron chi connectivity index (χ2n) is 19.4. The molecule has 14 rings (SSSR count). The van der Waals surface area contributed by atoms with Crippen molar-refractivity contribution in [3.63, 3.8) is 0 Å². The second kappa shape index (κ2) is 17.5. The van der Waals surface area contributed by atoms with Crippen LogP contribution in [0.25, 0.3) is 110 Å². The molecule has 0 bridgehead atoms. The number of fused-ring (bicyclic) bond motifs is 6. The predicted octanol–water partition coefficient (Wildman–Crippen LogP) is 19.5. The Kier molecular flexibility index (Phi) is 10.2. The minimum absolute atomic E-state index is 0.593. The van der Waals surface area contributed by atoms with E-state index < -0.39 is 5.41 Å². The van der Waals surface area contributed by atoms with E-state index in [1.165, 1.54) is 132 Å². The molecule has 0 aromatic heterocycles. The van der Waals surface area contributed by atoms with Gasteiger partial charge in [0.1, 0.15) is 0 Å². The Morgan fingerprint density at radius 3 is 1.14 bits per heavy atom. The average molecular weight is 925 g/mol. The van der Waals surface area contributed by atoms with Crippen LogP contribution in [0.2, 0.25) is 0 Å². The standard InChI is InChI=1S/C73H48/c1-5-23-49(24-6-1)53-45-54(50-25-7-2-8-26-50)47-55(46-53)57-43-44-67(60-33-14-13-32-59(57)60)72-65-37-17-15-35-63(65)71(64-36-16-18-38-66(64)72)52-41-42-62-61-34-20-22-40-69(61)73(70(62)48-52,56-29-11-4-12-30-56)68-39-21-19-31-58(68)51-27-9-3-10-28-51/h1-48H. The van der Waals surface area contributed by atoms with Crippen molar-refractivity contribution in [3.8, 4) is 77.9 Å². The maximum Gasteiger partial charge on any atom is 0.0719 e. The van der Waals surface area contributed by atoms with Crippen LogP contribution in [0.5, 0.6) is 0 Å². The second-order valence-corrected chi connectivity index (χ2v) is 19.4. The van der Waals surface area contributed by atoms with Gasteiger partial charge in [-0.25, -0.2) is 0 Å². The van der Waals surface area contributed by atoms with Gasteiger partial charge in [0.2, 0.25) is 0 Å². The Labute approximate surface area is 426 Å². The molecule has 1 unspecified atom stereocenters. The molecule has 0 amide bonds. The van der Waals surface area contributed by atoms with Crippen molar-refractivity contribution in [1.82, 2.24) is 0 Å². The van der Waals surface area contributed by atoms with Crippen molar-refractivity contribution in [1.29, 1.82) is 0 Å². The topological polar surface area (TPSA) is 0 Å². The zero-order chi connectivity index (χ0) is 48.3. The molecule has 1 aliphatic rings. The summed E-state index contributed by atoms with van der Waals surface area (Å²) in [6, 6.07) is 108. The maximum atomic E-state index is 2.54. The molecule has 0 heteroatoms. The third kappa shape index (κ3) is 6.83. The van der Waals surface area contributed by atoms with E-state index in [-0.39, 0.29) is 0 Å². The van der Waals surface area contributed by atoms with Crippen LogP contribution >= 0.6 is 0 Å². The van der Waals surface area contributed by atoms with Crippen LogP contribution in [0.15, 0.2) is 291 Å². The number of hydrogen-bond donors (Lipinski definition) is 0. The molecule has 340 valence electrons. The van der Waals surface area contributed by atoms with E-state index in [1.54, 1.807) is 0 Å². The zero-order valence-corrected chi connectivity index (χ0v) is 40.2. The van der Waals surface area contributed by atoms with E-state index in [1.807, 2.05) is 0 Å². The first-order chi connectivity index (χ1) is 36.2. The average Bonchev–Trinajstić information content (AvgIpc) is 3.78. The molecular formula is C73H48. The summed E-state index contributed by atoms with van der Waals surface area (Å²) in [6.07, 6.45) is 0. The Hall–Kier alpha value is -9.36. The normalized spacial score (nSPS) is 13.8. The van der Waals surface area contributed by atoms with E-state index in [0.29, 0.717) is 0 Å². The molecule has 0 saturated carbocycles. The highest BCUT2D eigenvalue weighted by Gasteiger charge is 2.47. The van der Waals surface area contributed by atoms with Crippen LogP contribution in [0, 0.1) is 0 Å². The van der Waals surface area contributed by atoms with Crippen molar-refractivity contribution in [3.05, 3.63) is 313 Å². The van der Waals surface area contributed by atoms with Crippen LogP contribution in [-0.2, 0) is 5.41 Å². The molecule has 0 N–H and O–H groups in total. The molecule has 0 saturated heterocycles. The summed E-state index contributed by atoms with van der Waals surface area (Å²) in [6.45, 7) is 0. The van der Waals surface area contributed by atoms with E-state index in [0.717, 1.165) is 0 Å². The summed E-state index contributed by atoms with van der Waals surface area (Å²) in [5.74, 6) is 0. The largest absolute Gasteiger partial charge is 0.0719 e. The lowest BCUT2D eigenvalue weighted by Gasteiger charge is -2.36. The molecule has 13 aromatic carbocycles. The van der Waals surface area contributed by atoms with Crippen molar-refractivity contribution in [2.75, 3.05) is 0 Å². The van der Waals surface area contributed by atoms with Crippen molar-refractivity contribution < 1.29 is 0 Å². The van der Waals surface area contributed by atoms with Gasteiger partial charge < -0.3 is 0 Å². The minimum atomic E-state index is -0.593. The highest BCUT2D eigenvalue weighted by Crippen LogP contribution is 2.59. The first kappa shape index (κ1) is 42.5. The molecule has 0 radical (unpaired) electrons. The first-order valence-corrected chi connectivity index (χ1v) is 25.4. The van der Waals surface area contributed by atoms with Gasteiger partial charge in [-0.15, -0.1) is 0 Å². The summed E-state index contributed by atoms with van der Waals surface area (Å²) in [7, 11) is 0. The SMILES string of the molecule is c1ccc(-c2cc(-c3ccccc3)cc(-c3ccc(-c4c5ccccc5c(-c5ccc6c(c5)C(c5ccccc5)(c5ccccc5-c5ccccc5)c5ccccc5-6)c5ccccc45)c4ccccc34)c2)cc1. The molecule has 0 aliphatic heterocycles. The Morgan fingerprint density at radius 1 is 0.178 bits per heavy atom. The fourth-order valence-electron chi connectivity index (χ4n) is 12.4. The van der Waals surface area contributed by atoms with Crippen molar-refractivity contribution >= 4 is 32.3 Å². The van der Waals surface area contributed by atoms with Gasteiger partial charge in [-0.3, -0.25) is 0 Å². The van der Waals surface area contributed by atoms with Crippen LogP contribution in [0.1, 0.15) is 22.3 Å². The molecule has 0 spiro atoms. The Balaban J connectivity index is 1.00. The summed E-state index contributed by atoms with van der Waals surface area (Å²) in [4.78, 5) is 0. The number of rotatable bonds is 8. The fraction of sp³-hybridized carbons (Fsp3) is 0.0137. The molecule has 1 aliphatic carbocycles. The van der Waals surface area contributed by atoms with Gasteiger partial charge in [-0.05, 0) is 157 Å². The first-order valence-electron chi connectivity index (χ1n) is 25.4. The third-order valence-electron chi connectivity index (χ3n) is 15.5. The summed E-state index contributed by atoms with van der Waals surface area (Å²) in [5, 5.41) is 7.40. The van der Waals surface area contributed by atoms with Gasteiger partial charge in [0.25, 0.3) is 0 Å². The molecule has 13 aromatic rings. The van der Waals surface area contributed by atoms with E-state index in [4.69, 9.17) is 0 Å². The smallest absolute Gasteiger partial charge is 0.0622 e. The number of hydrogen-bond acceptors (Lipinski definition) is 0. The summed E-state index contributed by atoms with van der Waals surface area (Å²) in [5.41, 5.74) is 21.7. The monoisotopic (exact) mass is 924 g/mol. The van der Waals surface area contributed by atoms with E-state index in [9.17, 15) is 0 Å². The lowest BCUT2D eigenvalue weighted by atomic mass is 9.65. The summed E-state index contributed by atoms with van der Waals surface area (Å²) >= 11 is 0. The van der Waals surface area contributed by atoms with Crippen LogP contribution in [0.3, 0.4) is 0 Å². The van der Waals surface area contributed by atoms with Gasteiger partial charge in [0, 0.05) is 0 Å². The van der Waals surface area contributed by atoms with Crippen molar-refractivity contribution in [2.24, 2.45) is 0 Å². The predicted molar refractivity (Wildman–Crippen MR) is 309 cm³/mol. The molecule has 0 nitrogen and oxygen atoms in total. The van der Waals surface area contributed by atoms with E-state index in [2.05, 4.69) is 291 Å². The molecule has 0 heterocycles.